The minimum atomic E-state index is 0.499. The van der Waals surface area contributed by atoms with Gasteiger partial charge in [0.25, 0.3) is 0 Å². The maximum atomic E-state index is 8.57. The molecule has 1 N–H and O–H groups in total. The van der Waals surface area contributed by atoms with E-state index in [1.165, 1.54) is 57.8 Å². The van der Waals surface area contributed by atoms with Crippen molar-refractivity contribution in [1.82, 2.24) is 0 Å². The van der Waals surface area contributed by atoms with Gasteiger partial charge in [0.1, 0.15) is 0 Å². The van der Waals surface area contributed by atoms with E-state index in [9.17, 15) is 0 Å². The van der Waals surface area contributed by atoms with Crippen LogP contribution in [-0.2, 0) is 0 Å². The number of hydrogen-bond acceptors (Lipinski definition) is 2. The first-order valence-electron chi connectivity index (χ1n) is 6.26. The molecule has 0 aromatic carbocycles. The third-order valence-electron chi connectivity index (χ3n) is 3.09. The van der Waals surface area contributed by atoms with E-state index in [-0.39, 0.29) is 0 Å². The topological polar surface area (TPSA) is 32.6 Å². The van der Waals surface area contributed by atoms with Crippen LogP contribution in [0.2, 0.25) is 0 Å². The Morgan fingerprint density at radius 1 is 0.933 bits per heavy atom. The van der Waals surface area contributed by atoms with Crippen molar-refractivity contribution in [1.29, 1.82) is 0 Å². The van der Waals surface area contributed by atoms with Gasteiger partial charge in [0.15, 0.2) is 0 Å². The van der Waals surface area contributed by atoms with Crippen molar-refractivity contribution in [2.75, 3.05) is 0 Å². The van der Waals surface area contributed by atoms with Gasteiger partial charge in [-0.05, 0) is 44.4 Å². The Morgan fingerprint density at radius 3 is 2.20 bits per heavy atom. The third-order valence-corrected chi connectivity index (χ3v) is 3.09. The average molecular weight is 209 g/mol. The van der Waals surface area contributed by atoms with E-state index in [4.69, 9.17) is 5.21 Å². The standard InChI is InChI=1S/C13H23NO/c15-14-12-13-10-8-6-4-2-1-3-5-7-9-11-13/h1-2,12-13,15H,3-11H2. The number of oxime groups is 1. The molecule has 0 fully saturated rings. The summed E-state index contributed by atoms with van der Waals surface area (Å²) < 4.78 is 0. The molecule has 0 aliphatic heterocycles. The van der Waals surface area contributed by atoms with Gasteiger partial charge in [0.2, 0.25) is 0 Å². The summed E-state index contributed by atoms with van der Waals surface area (Å²) in [6.07, 6.45) is 17.6. The molecule has 0 aromatic heterocycles. The zero-order valence-electron chi connectivity index (χ0n) is 9.57. The summed E-state index contributed by atoms with van der Waals surface area (Å²) in [5.41, 5.74) is 0. The van der Waals surface area contributed by atoms with Gasteiger partial charge in [-0.3, -0.25) is 0 Å². The van der Waals surface area contributed by atoms with Crippen LogP contribution in [0.1, 0.15) is 57.8 Å². The van der Waals surface area contributed by atoms with Crippen LogP contribution in [-0.4, -0.2) is 11.4 Å². The highest BCUT2D eigenvalue weighted by Gasteiger charge is 2.06. The fraction of sp³-hybridized carbons (Fsp3) is 0.769. The molecule has 0 bridgehead atoms. The lowest BCUT2D eigenvalue weighted by Crippen LogP contribution is -2.02. The van der Waals surface area contributed by atoms with Crippen molar-refractivity contribution < 1.29 is 5.21 Å². The van der Waals surface area contributed by atoms with E-state index >= 15 is 0 Å². The van der Waals surface area contributed by atoms with Crippen molar-refractivity contribution in [3.8, 4) is 0 Å². The lowest BCUT2D eigenvalue weighted by molar-refractivity contribution is 0.316. The summed E-state index contributed by atoms with van der Waals surface area (Å²) in [7, 11) is 0. The Kier molecular flexibility index (Phi) is 6.97. The van der Waals surface area contributed by atoms with Crippen molar-refractivity contribution in [2.24, 2.45) is 11.1 Å². The molecule has 0 saturated carbocycles. The highest BCUT2D eigenvalue weighted by atomic mass is 16.4. The SMILES string of the molecule is ON=CC1CCCCC=CCCCCC1. The van der Waals surface area contributed by atoms with Gasteiger partial charge in [-0.15, -0.1) is 5.16 Å². The molecule has 15 heavy (non-hydrogen) atoms. The van der Waals surface area contributed by atoms with Crippen LogP contribution in [0.4, 0.5) is 0 Å². The van der Waals surface area contributed by atoms with E-state index in [0.29, 0.717) is 5.92 Å². The largest absolute Gasteiger partial charge is 0.411 e. The lowest BCUT2D eigenvalue weighted by Gasteiger charge is -2.11. The van der Waals surface area contributed by atoms with Gasteiger partial charge in [-0.1, -0.05) is 31.4 Å². The highest BCUT2D eigenvalue weighted by Crippen LogP contribution is 2.17. The quantitative estimate of drug-likeness (QED) is 0.299. The molecule has 0 radical (unpaired) electrons. The summed E-state index contributed by atoms with van der Waals surface area (Å²) in [5, 5.41) is 11.8. The monoisotopic (exact) mass is 209 g/mol. The first-order valence-corrected chi connectivity index (χ1v) is 6.26. The summed E-state index contributed by atoms with van der Waals surface area (Å²) in [6.45, 7) is 0. The van der Waals surface area contributed by atoms with Gasteiger partial charge < -0.3 is 5.21 Å². The molecule has 1 aliphatic rings. The van der Waals surface area contributed by atoms with Gasteiger partial charge in [0.05, 0.1) is 0 Å². The fourth-order valence-corrected chi connectivity index (χ4v) is 2.14. The summed E-state index contributed by atoms with van der Waals surface area (Å²) in [4.78, 5) is 0. The molecule has 1 unspecified atom stereocenters. The second kappa shape index (κ2) is 8.51. The smallest absolute Gasteiger partial charge is 0.0466 e. The molecule has 1 rings (SSSR count). The molecule has 0 heterocycles. The first kappa shape index (κ1) is 12.3. The maximum absolute atomic E-state index is 8.57. The van der Waals surface area contributed by atoms with E-state index in [2.05, 4.69) is 17.3 Å². The Balaban J connectivity index is 2.32. The molecule has 1 atom stereocenters. The average Bonchev–Trinajstić information content (AvgIpc) is 2.22. The summed E-state index contributed by atoms with van der Waals surface area (Å²) in [5.74, 6) is 0.499. The number of hydrogen-bond donors (Lipinski definition) is 1. The molecule has 2 nitrogen and oxygen atoms in total. The van der Waals surface area contributed by atoms with Crippen LogP contribution in [0.3, 0.4) is 0 Å². The fourth-order valence-electron chi connectivity index (χ4n) is 2.14. The van der Waals surface area contributed by atoms with E-state index in [1.807, 2.05) is 0 Å². The number of nitrogens with zero attached hydrogens (tertiary/aromatic N) is 1. The van der Waals surface area contributed by atoms with Gasteiger partial charge in [-0.2, -0.15) is 0 Å². The molecule has 0 spiro atoms. The van der Waals surface area contributed by atoms with Gasteiger partial charge in [-0.25, -0.2) is 0 Å². The number of rotatable bonds is 1. The van der Waals surface area contributed by atoms with Crippen LogP contribution in [0, 0.1) is 5.92 Å². The molecular formula is C13H23NO. The van der Waals surface area contributed by atoms with E-state index in [1.54, 1.807) is 6.21 Å². The normalized spacial score (nSPS) is 26.0. The highest BCUT2D eigenvalue weighted by molar-refractivity contribution is 5.59. The molecular weight excluding hydrogens is 186 g/mol. The maximum Gasteiger partial charge on any atom is 0.0466 e. The predicted molar refractivity (Wildman–Crippen MR) is 64.5 cm³/mol. The Labute approximate surface area is 93.1 Å². The second-order valence-corrected chi connectivity index (χ2v) is 4.42. The molecule has 1 aliphatic carbocycles. The van der Waals surface area contributed by atoms with Crippen LogP contribution in [0.5, 0.6) is 0 Å². The lowest BCUT2D eigenvalue weighted by atomic mass is 9.95. The molecule has 86 valence electrons. The third kappa shape index (κ3) is 6.32. The summed E-state index contributed by atoms with van der Waals surface area (Å²) >= 11 is 0. The van der Waals surface area contributed by atoms with Crippen LogP contribution in [0.15, 0.2) is 17.3 Å². The molecule has 2 heteroatoms. The molecule has 0 amide bonds. The Morgan fingerprint density at radius 2 is 1.53 bits per heavy atom. The van der Waals surface area contributed by atoms with Gasteiger partial charge >= 0.3 is 0 Å². The second-order valence-electron chi connectivity index (χ2n) is 4.42. The minimum Gasteiger partial charge on any atom is -0.411 e. The minimum absolute atomic E-state index is 0.499. The zero-order chi connectivity index (χ0) is 10.8. The number of allylic oxidation sites excluding steroid dienone is 2. The van der Waals surface area contributed by atoms with Gasteiger partial charge in [0, 0.05) is 6.21 Å². The van der Waals surface area contributed by atoms with Crippen molar-refractivity contribution in [3.63, 3.8) is 0 Å². The van der Waals surface area contributed by atoms with E-state index in [0.717, 1.165) is 0 Å². The van der Waals surface area contributed by atoms with Crippen molar-refractivity contribution >= 4 is 6.21 Å². The van der Waals surface area contributed by atoms with Crippen LogP contribution in [0.25, 0.3) is 0 Å². The summed E-state index contributed by atoms with van der Waals surface area (Å²) in [6, 6.07) is 0. The Hall–Kier alpha value is -0.790. The first-order chi connectivity index (χ1) is 7.43. The predicted octanol–water partition coefficient (Wildman–Crippen LogP) is 4.14. The molecule has 0 aromatic rings. The Bertz CT molecular complexity index is 199. The van der Waals surface area contributed by atoms with Crippen molar-refractivity contribution in [2.45, 2.75) is 57.8 Å². The zero-order valence-corrected chi connectivity index (χ0v) is 9.57. The van der Waals surface area contributed by atoms with E-state index < -0.39 is 0 Å². The molecule has 0 saturated heterocycles. The van der Waals surface area contributed by atoms with Crippen LogP contribution >= 0.6 is 0 Å². The van der Waals surface area contributed by atoms with Crippen LogP contribution < -0.4 is 0 Å². The van der Waals surface area contributed by atoms with Crippen molar-refractivity contribution in [3.05, 3.63) is 12.2 Å².